The van der Waals surface area contributed by atoms with Crippen LogP contribution in [0.2, 0.25) is 0 Å². The SMILES string of the molecule is CCOCC(NCC(=O)OCC)C(C)C. The molecule has 0 aromatic carbocycles. The lowest BCUT2D eigenvalue weighted by Crippen LogP contribution is -2.41. The molecule has 0 aromatic rings. The highest BCUT2D eigenvalue weighted by Crippen LogP contribution is 2.01. The Balaban J connectivity index is 3.79. The second-order valence-electron chi connectivity index (χ2n) is 3.70. The average molecular weight is 217 g/mol. The topological polar surface area (TPSA) is 47.6 Å². The molecule has 0 amide bonds. The zero-order valence-corrected chi connectivity index (χ0v) is 10.2. The summed E-state index contributed by atoms with van der Waals surface area (Å²) in [6, 6.07) is 0.203. The molecule has 15 heavy (non-hydrogen) atoms. The Hall–Kier alpha value is -0.610. The number of hydrogen-bond acceptors (Lipinski definition) is 4. The van der Waals surface area contributed by atoms with Gasteiger partial charge in [0.25, 0.3) is 0 Å². The minimum Gasteiger partial charge on any atom is -0.465 e. The lowest BCUT2D eigenvalue weighted by atomic mass is 10.1. The predicted molar refractivity (Wildman–Crippen MR) is 59.8 cm³/mol. The van der Waals surface area contributed by atoms with E-state index in [9.17, 15) is 4.79 Å². The van der Waals surface area contributed by atoms with Gasteiger partial charge in [0.2, 0.25) is 0 Å². The van der Waals surface area contributed by atoms with Gasteiger partial charge in [-0.1, -0.05) is 13.8 Å². The van der Waals surface area contributed by atoms with E-state index in [1.165, 1.54) is 0 Å². The summed E-state index contributed by atoms with van der Waals surface area (Å²) in [7, 11) is 0. The van der Waals surface area contributed by atoms with Crippen LogP contribution >= 0.6 is 0 Å². The van der Waals surface area contributed by atoms with Crippen LogP contribution in [-0.2, 0) is 14.3 Å². The first-order valence-corrected chi connectivity index (χ1v) is 5.58. The summed E-state index contributed by atoms with van der Waals surface area (Å²) >= 11 is 0. The summed E-state index contributed by atoms with van der Waals surface area (Å²) in [5, 5.41) is 3.14. The highest BCUT2D eigenvalue weighted by molar-refractivity contribution is 5.71. The van der Waals surface area contributed by atoms with Crippen molar-refractivity contribution in [2.75, 3.05) is 26.4 Å². The number of carbonyl (C=O) groups is 1. The molecule has 0 radical (unpaired) electrons. The number of hydrogen-bond donors (Lipinski definition) is 1. The van der Waals surface area contributed by atoms with Crippen LogP contribution < -0.4 is 5.32 Å². The van der Waals surface area contributed by atoms with E-state index in [-0.39, 0.29) is 18.6 Å². The van der Waals surface area contributed by atoms with Crippen LogP contribution in [-0.4, -0.2) is 38.4 Å². The molecular weight excluding hydrogens is 194 g/mol. The van der Waals surface area contributed by atoms with E-state index in [1.807, 2.05) is 6.92 Å². The molecule has 0 heterocycles. The lowest BCUT2D eigenvalue weighted by molar-refractivity contribution is -0.142. The van der Waals surface area contributed by atoms with E-state index in [0.29, 0.717) is 25.7 Å². The first kappa shape index (κ1) is 14.4. The molecule has 0 saturated carbocycles. The van der Waals surface area contributed by atoms with Crippen LogP contribution in [0, 0.1) is 5.92 Å². The van der Waals surface area contributed by atoms with Gasteiger partial charge in [0, 0.05) is 12.6 Å². The zero-order chi connectivity index (χ0) is 11.7. The van der Waals surface area contributed by atoms with Crippen LogP contribution in [0.15, 0.2) is 0 Å². The van der Waals surface area contributed by atoms with Crippen molar-refractivity contribution in [3.63, 3.8) is 0 Å². The van der Waals surface area contributed by atoms with Gasteiger partial charge in [-0.3, -0.25) is 4.79 Å². The molecule has 0 aromatic heterocycles. The summed E-state index contributed by atoms with van der Waals surface area (Å²) in [5.74, 6) is 0.227. The van der Waals surface area contributed by atoms with Gasteiger partial charge < -0.3 is 14.8 Å². The van der Waals surface area contributed by atoms with Crippen molar-refractivity contribution in [1.82, 2.24) is 5.32 Å². The highest BCUT2D eigenvalue weighted by atomic mass is 16.5. The Bertz CT molecular complexity index is 171. The Morgan fingerprint density at radius 2 is 1.93 bits per heavy atom. The molecule has 0 fully saturated rings. The third-order valence-corrected chi connectivity index (χ3v) is 2.12. The number of nitrogens with one attached hydrogen (secondary N) is 1. The Morgan fingerprint density at radius 1 is 1.27 bits per heavy atom. The molecule has 0 saturated heterocycles. The van der Waals surface area contributed by atoms with Crippen molar-refractivity contribution in [3.8, 4) is 0 Å². The van der Waals surface area contributed by atoms with Gasteiger partial charge in [-0.2, -0.15) is 0 Å². The molecule has 90 valence electrons. The van der Waals surface area contributed by atoms with Crippen LogP contribution in [0.25, 0.3) is 0 Å². The van der Waals surface area contributed by atoms with E-state index in [4.69, 9.17) is 9.47 Å². The quantitative estimate of drug-likeness (QED) is 0.621. The Labute approximate surface area is 92.3 Å². The fraction of sp³-hybridized carbons (Fsp3) is 0.909. The molecule has 0 aliphatic heterocycles. The molecule has 4 heteroatoms. The number of rotatable bonds is 8. The standard InChI is InChI=1S/C11H23NO3/c1-5-14-8-10(9(3)4)12-7-11(13)15-6-2/h9-10,12H,5-8H2,1-4H3. The van der Waals surface area contributed by atoms with Crippen molar-refractivity contribution in [2.45, 2.75) is 33.7 Å². The molecule has 0 aliphatic rings. The Kier molecular flexibility index (Phi) is 8.33. The van der Waals surface area contributed by atoms with E-state index < -0.39 is 0 Å². The van der Waals surface area contributed by atoms with Crippen LogP contribution in [0.3, 0.4) is 0 Å². The molecule has 0 aliphatic carbocycles. The third-order valence-electron chi connectivity index (χ3n) is 2.12. The summed E-state index contributed by atoms with van der Waals surface area (Å²) in [5.41, 5.74) is 0. The third kappa shape index (κ3) is 7.33. The largest absolute Gasteiger partial charge is 0.465 e. The normalized spacial score (nSPS) is 12.9. The predicted octanol–water partition coefficient (Wildman–Crippen LogP) is 1.20. The van der Waals surface area contributed by atoms with Gasteiger partial charge in [-0.25, -0.2) is 0 Å². The van der Waals surface area contributed by atoms with Gasteiger partial charge in [-0.05, 0) is 19.8 Å². The van der Waals surface area contributed by atoms with Gasteiger partial charge in [-0.15, -0.1) is 0 Å². The maximum Gasteiger partial charge on any atom is 0.319 e. The molecule has 1 atom stereocenters. The first-order chi connectivity index (χ1) is 7.11. The van der Waals surface area contributed by atoms with E-state index in [2.05, 4.69) is 19.2 Å². The Morgan fingerprint density at radius 3 is 2.40 bits per heavy atom. The number of ether oxygens (including phenoxy) is 2. The monoisotopic (exact) mass is 217 g/mol. The van der Waals surface area contributed by atoms with Gasteiger partial charge >= 0.3 is 5.97 Å². The molecule has 0 bridgehead atoms. The van der Waals surface area contributed by atoms with Gasteiger partial charge in [0.15, 0.2) is 0 Å². The summed E-state index contributed by atoms with van der Waals surface area (Å²) in [6.07, 6.45) is 0. The maximum absolute atomic E-state index is 11.1. The molecule has 1 unspecified atom stereocenters. The average Bonchev–Trinajstić information content (AvgIpc) is 2.17. The number of esters is 1. The van der Waals surface area contributed by atoms with E-state index in [0.717, 1.165) is 0 Å². The van der Waals surface area contributed by atoms with Crippen molar-refractivity contribution in [3.05, 3.63) is 0 Å². The van der Waals surface area contributed by atoms with E-state index >= 15 is 0 Å². The smallest absolute Gasteiger partial charge is 0.319 e. The van der Waals surface area contributed by atoms with Gasteiger partial charge in [0.05, 0.1) is 19.8 Å². The molecule has 1 N–H and O–H groups in total. The second-order valence-corrected chi connectivity index (χ2v) is 3.70. The summed E-state index contributed by atoms with van der Waals surface area (Å²) in [4.78, 5) is 11.1. The minimum absolute atomic E-state index is 0.203. The van der Waals surface area contributed by atoms with E-state index in [1.54, 1.807) is 6.92 Å². The molecule has 4 nitrogen and oxygen atoms in total. The second kappa shape index (κ2) is 8.68. The van der Waals surface area contributed by atoms with Crippen LogP contribution in [0.5, 0.6) is 0 Å². The highest BCUT2D eigenvalue weighted by Gasteiger charge is 2.14. The fourth-order valence-electron chi connectivity index (χ4n) is 1.16. The van der Waals surface area contributed by atoms with Crippen LogP contribution in [0.1, 0.15) is 27.7 Å². The summed E-state index contributed by atoms with van der Waals surface area (Å²) < 4.78 is 10.2. The number of carbonyl (C=O) groups excluding carboxylic acids is 1. The molecular formula is C11H23NO3. The minimum atomic E-state index is -0.209. The van der Waals surface area contributed by atoms with Crippen molar-refractivity contribution >= 4 is 5.97 Å². The van der Waals surface area contributed by atoms with Crippen molar-refractivity contribution < 1.29 is 14.3 Å². The molecule has 0 rings (SSSR count). The lowest BCUT2D eigenvalue weighted by Gasteiger charge is -2.21. The fourth-order valence-corrected chi connectivity index (χ4v) is 1.16. The van der Waals surface area contributed by atoms with Crippen LogP contribution in [0.4, 0.5) is 0 Å². The summed E-state index contributed by atoms with van der Waals surface area (Å²) in [6.45, 7) is 9.98. The van der Waals surface area contributed by atoms with Crippen molar-refractivity contribution in [2.24, 2.45) is 5.92 Å². The maximum atomic E-state index is 11.1. The van der Waals surface area contributed by atoms with Gasteiger partial charge in [0.1, 0.15) is 0 Å². The molecule has 0 spiro atoms. The first-order valence-electron chi connectivity index (χ1n) is 5.58. The zero-order valence-electron chi connectivity index (χ0n) is 10.2. The van der Waals surface area contributed by atoms with Crippen molar-refractivity contribution in [1.29, 1.82) is 0 Å².